The predicted molar refractivity (Wildman–Crippen MR) is 99.7 cm³/mol. The molecular formula is C20H21F3N2O3. The topological polar surface area (TPSA) is 50.8 Å². The van der Waals surface area contributed by atoms with E-state index in [1.54, 1.807) is 18.2 Å². The maximum absolute atomic E-state index is 12.9. The van der Waals surface area contributed by atoms with Crippen molar-refractivity contribution in [3.05, 3.63) is 54.1 Å². The Morgan fingerprint density at radius 2 is 1.89 bits per heavy atom. The molecule has 2 aromatic rings. The van der Waals surface area contributed by atoms with E-state index in [4.69, 9.17) is 4.74 Å². The predicted octanol–water partition coefficient (Wildman–Crippen LogP) is 4.98. The van der Waals surface area contributed by atoms with E-state index in [-0.39, 0.29) is 0 Å². The van der Waals surface area contributed by atoms with E-state index in [2.05, 4.69) is 15.0 Å². The third-order valence-corrected chi connectivity index (χ3v) is 4.41. The van der Waals surface area contributed by atoms with Crippen molar-refractivity contribution in [2.24, 2.45) is 0 Å². The number of fused-ring (bicyclic) bond motifs is 1. The summed E-state index contributed by atoms with van der Waals surface area (Å²) in [5, 5.41) is 2.36. The molecule has 8 heteroatoms. The monoisotopic (exact) mass is 394 g/mol. The summed E-state index contributed by atoms with van der Waals surface area (Å²) >= 11 is 0. The van der Waals surface area contributed by atoms with Crippen molar-refractivity contribution < 1.29 is 27.4 Å². The van der Waals surface area contributed by atoms with Gasteiger partial charge in [0.2, 0.25) is 5.60 Å². The molecule has 0 radical (unpaired) electrons. The van der Waals surface area contributed by atoms with Crippen LogP contribution in [-0.2, 0) is 11.3 Å². The van der Waals surface area contributed by atoms with Crippen LogP contribution in [-0.4, -0.2) is 31.0 Å². The molecule has 0 unspecified atom stereocenters. The first-order valence-electron chi connectivity index (χ1n) is 8.78. The fraction of sp³-hybridized carbons (Fsp3) is 0.350. The van der Waals surface area contributed by atoms with Crippen molar-refractivity contribution in [1.82, 2.24) is 0 Å². The first-order chi connectivity index (χ1) is 13.2. The maximum atomic E-state index is 12.9. The van der Waals surface area contributed by atoms with Crippen LogP contribution in [0.5, 0.6) is 5.75 Å². The van der Waals surface area contributed by atoms with E-state index < -0.39 is 17.9 Å². The summed E-state index contributed by atoms with van der Waals surface area (Å²) in [5.74, 6) is 0.650. The highest BCUT2D eigenvalue weighted by atomic mass is 19.4. The van der Waals surface area contributed by atoms with E-state index in [1.807, 2.05) is 30.3 Å². The van der Waals surface area contributed by atoms with Crippen molar-refractivity contribution in [3.8, 4) is 5.75 Å². The second-order valence-electron chi connectivity index (χ2n) is 6.96. The second kappa shape index (κ2) is 7.61. The standard InChI is InChI=1S/C20H21F3N2O3/c1-19(2,20(21,22)23)28-18(26)24-15-8-9-17-16(12-15)25(10-11-27-17)13-14-6-4-3-5-7-14/h3-9,12H,10-11,13H2,1-2H3,(H,24,26). The summed E-state index contributed by atoms with van der Waals surface area (Å²) in [6.45, 7) is 3.42. The summed E-state index contributed by atoms with van der Waals surface area (Å²) in [6, 6.07) is 14.8. The molecule has 3 rings (SSSR count). The number of ether oxygens (including phenoxy) is 2. The van der Waals surface area contributed by atoms with Gasteiger partial charge in [0.1, 0.15) is 12.4 Å². The molecule has 0 fully saturated rings. The van der Waals surface area contributed by atoms with Crippen molar-refractivity contribution in [2.75, 3.05) is 23.4 Å². The van der Waals surface area contributed by atoms with Gasteiger partial charge in [-0.05, 0) is 37.6 Å². The highest BCUT2D eigenvalue weighted by Gasteiger charge is 2.51. The van der Waals surface area contributed by atoms with Crippen LogP contribution in [0.3, 0.4) is 0 Å². The van der Waals surface area contributed by atoms with Gasteiger partial charge >= 0.3 is 12.3 Å². The zero-order valence-electron chi connectivity index (χ0n) is 15.5. The quantitative estimate of drug-likeness (QED) is 0.795. The first-order valence-corrected chi connectivity index (χ1v) is 8.78. The Kier molecular flexibility index (Phi) is 5.40. The third kappa shape index (κ3) is 4.49. The number of hydrogen-bond acceptors (Lipinski definition) is 4. The molecule has 0 atom stereocenters. The van der Waals surface area contributed by atoms with Crippen LogP contribution in [0.2, 0.25) is 0 Å². The van der Waals surface area contributed by atoms with Gasteiger partial charge in [-0.25, -0.2) is 4.79 Å². The molecule has 0 bridgehead atoms. The lowest BCUT2D eigenvalue weighted by molar-refractivity contribution is -0.242. The van der Waals surface area contributed by atoms with Crippen LogP contribution in [0.25, 0.3) is 0 Å². The third-order valence-electron chi connectivity index (χ3n) is 4.41. The number of halogens is 3. The van der Waals surface area contributed by atoms with Crippen LogP contribution >= 0.6 is 0 Å². The molecule has 1 amide bonds. The molecule has 2 aromatic carbocycles. The number of nitrogens with one attached hydrogen (secondary N) is 1. The van der Waals surface area contributed by atoms with Gasteiger partial charge in [0.15, 0.2) is 0 Å². The Bertz CT molecular complexity index is 838. The minimum Gasteiger partial charge on any atom is -0.490 e. The largest absolute Gasteiger partial charge is 0.490 e. The van der Waals surface area contributed by atoms with Crippen molar-refractivity contribution in [3.63, 3.8) is 0 Å². The SMILES string of the molecule is CC(C)(OC(=O)Nc1ccc2c(c1)N(Cc1ccccc1)CCO2)C(F)(F)F. The number of alkyl halides is 3. The van der Waals surface area contributed by atoms with E-state index >= 15 is 0 Å². The van der Waals surface area contributed by atoms with Gasteiger partial charge in [-0.3, -0.25) is 5.32 Å². The van der Waals surface area contributed by atoms with Crippen LogP contribution in [0.4, 0.5) is 29.3 Å². The van der Waals surface area contributed by atoms with Gasteiger partial charge in [0.05, 0.1) is 12.2 Å². The molecule has 1 heterocycles. The number of carbonyl (C=O) groups excluding carboxylic acids is 1. The molecule has 5 nitrogen and oxygen atoms in total. The molecule has 1 aliphatic heterocycles. The van der Waals surface area contributed by atoms with E-state index in [9.17, 15) is 18.0 Å². The summed E-state index contributed by atoms with van der Waals surface area (Å²) in [6.07, 6.45) is -5.84. The highest BCUT2D eigenvalue weighted by molar-refractivity contribution is 5.86. The number of benzene rings is 2. The number of rotatable bonds is 4. The zero-order chi connectivity index (χ0) is 20.4. The number of amides is 1. The number of nitrogens with zero attached hydrogens (tertiary/aromatic N) is 1. The molecule has 0 aliphatic carbocycles. The first kappa shape index (κ1) is 19.9. The molecule has 0 saturated heterocycles. The summed E-state index contributed by atoms with van der Waals surface area (Å²) in [7, 11) is 0. The van der Waals surface area contributed by atoms with Crippen molar-refractivity contribution in [1.29, 1.82) is 0 Å². The van der Waals surface area contributed by atoms with Crippen LogP contribution in [0.1, 0.15) is 19.4 Å². The number of hydrogen-bond donors (Lipinski definition) is 1. The lowest BCUT2D eigenvalue weighted by Crippen LogP contribution is -2.44. The Morgan fingerprint density at radius 1 is 1.18 bits per heavy atom. The highest BCUT2D eigenvalue weighted by Crippen LogP contribution is 2.36. The van der Waals surface area contributed by atoms with Gasteiger partial charge in [-0.2, -0.15) is 13.2 Å². The summed E-state index contributed by atoms with van der Waals surface area (Å²) < 4.78 is 48.9. The van der Waals surface area contributed by atoms with Crippen molar-refractivity contribution in [2.45, 2.75) is 32.2 Å². The molecule has 0 aromatic heterocycles. The Hall–Kier alpha value is -2.90. The minimum absolute atomic E-state index is 0.324. The van der Waals surface area contributed by atoms with Crippen LogP contribution in [0, 0.1) is 0 Å². The molecule has 0 spiro atoms. The molecule has 28 heavy (non-hydrogen) atoms. The summed E-state index contributed by atoms with van der Waals surface area (Å²) in [5.41, 5.74) is -0.401. The number of carbonyl (C=O) groups is 1. The minimum atomic E-state index is -4.67. The fourth-order valence-corrected chi connectivity index (χ4v) is 2.75. The van der Waals surface area contributed by atoms with Gasteiger partial charge in [0, 0.05) is 12.2 Å². The van der Waals surface area contributed by atoms with Crippen molar-refractivity contribution >= 4 is 17.5 Å². The van der Waals surface area contributed by atoms with E-state index in [1.165, 1.54) is 0 Å². The Balaban J connectivity index is 1.74. The average Bonchev–Trinajstić information content (AvgIpc) is 2.61. The molecule has 1 N–H and O–H groups in total. The molecule has 150 valence electrons. The van der Waals surface area contributed by atoms with Gasteiger partial charge < -0.3 is 14.4 Å². The lowest BCUT2D eigenvalue weighted by atomic mass is 10.1. The summed E-state index contributed by atoms with van der Waals surface area (Å²) in [4.78, 5) is 14.0. The number of anilines is 2. The Labute approximate surface area is 161 Å². The van der Waals surface area contributed by atoms with Crippen LogP contribution < -0.4 is 15.0 Å². The lowest BCUT2D eigenvalue weighted by Gasteiger charge is -2.32. The van der Waals surface area contributed by atoms with E-state index in [0.29, 0.717) is 31.1 Å². The normalized spacial score (nSPS) is 14.1. The second-order valence-corrected chi connectivity index (χ2v) is 6.96. The Morgan fingerprint density at radius 3 is 2.57 bits per heavy atom. The molecule has 0 saturated carbocycles. The molecule has 1 aliphatic rings. The van der Waals surface area contributed by atoms with Gasteiger partial charge in [-0.1, -0.05) is 30.3 Å². The fourth-order valence-electron chi connectivity index (χ4n) is 2.75. The van der Waals surface area contributed by atoms with E-state index in [0.717, 1.165) is 25.1 Å². The molecular weight excluding hydrogens is 373 g/mol. The average molecular weight is 394 g/mol. The maximum Gasteiger partial charge on any atom is 0.427 e. The smallest absolute Gasteiger partial charge is 0.427 e. The van der Waals surface area contributed by atoms with Crippen LogP contribution in [0.15, 0.2) is 48.5 Å². The van der Waals surface area contributed by atoms with Gasteiger partial charge in [0.25, 0.3) is 0 Å². The van der Waals surface area contributed by atoms with Gasteiger partial charge in [-0.15, -0.1) is 0 Å². The zero-order valence-corrected chi connectivity index (χ0v) is 15.5.